The van der Waals surface area contributed by atoms with Crippen molar-refractivity contribution in [1.29, 1.82) is 0 Å². The van der Waals surface area contributed by atoms with Crippen molar-refractivity contribution in [2.45, 2.75) is 0 Å². The van der Waals surface area contributed by atoms with Gasteiger partial charge in [0, 0.05) is 36.4 Å². The summed E-state index contributed by atoms with van der Waals surface area (Å²) in [5.41, 5.74) is 6.24. The van der Waals surface area contributed by atoms with E-state index >= 15 is 0 Å². The van der Waals surface area contributed by atoms with E-state index < -0.39 is 10.8 Å². The van der Waals surface area contributed by atoms with Crippen LogP contribution in [0.2, 0.25) is 0 Å². The van der Waals surface area contributed by atoms with Gasteiger partial charge in [0.2, 0.25) is 0 Å². The van der Waals surface area contributed by atoms with Crippen molar-refractivity contribution >= 4 is 22.4 Å². The van der Waals surface area contributed by atoms with Crippen LogP contribution in [0.4, 0.5) is 5.69 Å². The summed E-state index contributed by atoms with van der Waals surface area (Å²) in [6.45, 7) is 0.368. The first-order chi connectivity index (χ1) is 7.02. The zero-order valence-electron chi connectivity index (χ0n) is 8.69. The summed E-state index contributed by atoms with van der Waals surface area (Å²) in [5, 5.41) is 6.48. The van der Waals surface area contributed by atoms with E-state index in [0.717, 1.165) is 0 Å². The zero-order valence-corrected chi connectivity index (χ0v) is 9.50. The summed E-state index contributed by atoms with van der Waals surface area (Å²) in [6, 6.07) is 0. The molecule has 0 aliphatic carbocycles. The number of nitrogen functional groups attached to an aromatic ring is 1. The van der Waals surface area contributed by atoms with Crippen LogP contribution in [0.3, 0.4) is 0 Å². The van der Waals surface area contributed by atoms with Gasteiger partial charge in [0.25, 0.3) is 5.91 Å². The number of aromatic nitrogens is 2. The molecule has 15 heavy (non-hydrogen) atoms. The molecule has 0 saturated heterocycles. The second-order valence-electron chi connectivity index (χ2n) is 3.11. The van der Waals surface area contributed by atoms with E-state index in [4.69, 9.17) is 5.73 Å². The lowest BCUT2D eigenvalue weighted by atomic mass is 10.3. The number of hydrogen-bond donors (Lipinski definition) is 2. The van der Waals surface area contributed by atoms with Crippen molar-refractivity contribution in [2.24, 2.45) is 7.05 Å². The van der Waals surface area contributed by atoms with Gasteiger partial charge in [0.1, 0.15) is 5.69 Å². The summed E-state index contributed by atoms with van der Waals surface area (Å²) >= 11 is 0. The maximum atomic E-state index is 11.6. The molecule has 84 valence electrons. The van der Waals surface area contributed by atoms with Crippen LogP contribution in [-0.4, -0.2) is 38.4 Å². The second-order valence-corrected chi connectivity index (χ2v) is 4.66. The first kappa shape index (κ1) is 11.7. The molecular formula is C8H14N4O2S. The summed E-state index contributed by atoms with van der Waals surface area (Å²) in [4.78, 5) is 11.6. The Morgan fingerprint density at radius 1 is 1.73 bits per heavy atom. The van der Waals surface area contributed by atoms with Crippen molar-refractivity contribution < 1.29 is 9.00 Å². The Hall–Kier alpha value is -1.37. The Kier molecular flexibility index (Phi) is 3.84. The summed E-state index contributed by atoms with van der Waals surface area (Å²) in [6.07, 6.45) is 3.01. The van der Waals surface area contributed by atoms with E-state index in [0.29, 0.717) is 23.7 Å². The number of anilines is 1. The molecule has 0 aliphatic rings. The molecule has 0 spiro atoms. The number of aryl methyl sites for hydroxylation is 1. The monoisotopic (exact) mass is 230 g/mol. The lowest BCUT2D eigenvalue weighted by Gasteiger charge is -2.04. The molecule has 6 nitrogen and oxygen atoms in total. The fourth-order valence-electron chi connectivity index (χ4n) is 1.12. The van der Waals surface area contributed by atoms with E-state index in [-0.39, 0.29) is 5.91 Å². The number of rotatable bonds is 4. The predicted molar refractivity (Wildman–Crippen MR) is 58.9 cm³/mol. The van der Waals surface area contributed by atoms with E-state index in [1.165, 1.54) is 10.9 Å². The van der Waals surface area contributed by atoms with Crippen LogP contribution in [0.1, 0.15) is 10.5 Å². The van der Waals surface area contributed by atoms with Crippen molar-refractivity contribution in [3.63, 3.8) is 0 Å². The number of nitrogens with one attached hydrogen (secondary N) is 1. The van der Waals surface area contributed by atoms with Gasteiger partial charge >= 0.3 is 0 Å². The molecule has 0 bridgehead atoms. The largest absolute Gasteiger partial charge is 0.396 e. The minimum absolute atomic E-state index is 0.294. The van der Waals surface area contributed by atoms with Gasteiger partial charge in [-0.2, -0.15) is 5.10 Å². The Morgan fingerprint density at radius 2 is 2.40 bits per heavy atom. The van der Waals surface area contributed by atoms with Crippen LogP contribution >= 0.6 is 0 Å². The number of carbonyl (C=O) groups is 1. The van der Waals surface area contributed by atoms with Gasteiger partial charge in [-0.25, -0.2) is 0 Å². The third-order valence-electron chi connectivity index (χ3n) is 1.86. The van der Waals surface area contributed by atoms with Crippen LogP contribution < -0.4 is 11.1 Å². The molecule has 0 saturated carbocycles. The van der Waals surface area contributed by atoms with Gasteiger partial charge in [0.15, 0.2) is 0 Å². The maximum absolute atomic E-state index is 11.6. The molecule has 1 rings (SSSR count). The molecular weight excluding hydrogens is 216 g/mol. The molecule has 0 aliphatic heterocycles. The number of nitrogens with zero attached hydrogens (tertiary/aromatic N) is 2. The van der Waals surface area contributed by atoms with E-state index in [9.17, 15) is 9.00 Å². The summed E-state index contributed by atoms with van der Waals surface area (Å²) < 4.78 is 12.2. The van der Waals surface area contributed by atoms with Gasteiger partial charge in [-0.1, -0.05) is 0 Å². The van der Waals surface area contributed by atoms with Crippen LogP contribution in [0.15, 0.2) is 6.20 Å². The smallest absolute Gasteiger partial charge is 0.271 e. The first-order valence-corrected chi connectivity index (χ1v) is 6.10. The van der Waals surface area contributed by atoms with Gasteiger partial charge in [-0.15, -0.1) is 0 Å². The number of amides is 1. The number of nitrogens with two attached hydrogens (primary N) is 1. The molecule has 7 heteroatoms. The number of carbonyl (C=O) groups excluding carboxylic acids is 1. The highest BCUT2D eigenvalue weighted by Gasteiger charge is 2.13. The van der Waals surface area contributed by atoms with E-state index in [1.54, 1.807) is 13.3 Å². The Balaban J connectivity index is 2.58. The molecule has 0 aromatic carbocycles. The van der Waals surface area contributed by atoms with Gasteiger partial charge in [0.05, 0.1) is 11.9 Å². The van der Waals surface area contributed by atoms with E-state index in [2.05, 4.69) is 10.4 Å². The molecule has 1 aromatic heterocycles. The molecule has 1 aromatic rings. The highest BCUT2D eigenvalue weighted by Crippen LogP contribution is 2.08. The standard InChI is InChI=1S/C8H14N4O2S/c1-12-7(6(9)5-11-12)8(13)10-3-4-15(2)14/h5H,3-4,9H2,1-2H3,(H,10,13). The lowest BCUT2D eigenvalue weighted by Crippen LogP contribution is -2.29. The topological polar surface area (TPSA) is 90.0 Å². The van der Waals surface area contributed by atoms with Gasteiger partial charge in [-0.3, -0.25) is 13.7 Å². The fourth-order valence-corrected chi connectivity index (χ4v) is 1.51. The van der Waals surface area contributed by atoms with Gasteiger partial charge < -0.3 is 11.1 Å². The molecule has 3 N–H and O–H groups in total. The van der Waals surface area contributed by atoms with Crippen molar-refractivity contribution in [2.75, 3.05) is 24.3 Å². The third-order valence-corrected chi connectivity index (χ3v) is 2.64. The average molecular weight is 230 g/mol. The summed E-state index contributed by atoms with van der Waals surface area (Å²) in [7, 11) is 0.734. The normalized spacial score (nSPS) is 12.4. The van der Waals surface area contributed by atoms with E-state index in [1.807, 2.05) is 0 Å². The molecule has 1 atom stereocenters. The molecule has 1 unspecified atom stereocenters. The van der Waals surface area contributed by atoms with Crippen LogP contribution in [0, 0.1) is 0 Å². The first-order valence-electron chi connectivity index (χ1n) is 4.38. The van der Waals surface area contributed by atoms with Crippen molar-refractivity contribution in [1.82, 2.24) is 15.1 Å². The molecule has 1 heterocycles. The highest BCUT2D eigenvalue weighted by atomic mass is 32.2. The zero-order chi connectivity index (χ0) is 11.4. The summed E-state index contributed by atoms with van der Waals surface area (Å²) in [5.74, 6) is 0.140. The SMILES string of the molecule is Cn1ncc(N)c1C(=O)NCCS(C)=O. The predicted octanol–water partition coefficient (Wildman–Crippen LogP) is -0.889. The minimum Gasteiger partial charge on any atom is -0.396 e. The number of hydrogen-bond acceptors (Lipinski definition) is 4. The van der Waals surface area contributed by atoms with Crippen molar-refractivity contribution in [3.8, 4) is 0 Å². The molecule has 0 radical (unpaired) electrons. The van der Waals surface area contributed by atoms with Crippen molar-refractivity contribution in [3.05, 3.63) is 11.9 Å². The Morgan fingerprint density at radius 3 is 2.87 bits per heavy atom. The van der Waals surface area contributed by atoms with Crippen LogP contribution in [0.25, 0.3) is 0 Å². The van der Waals surface area contributed by atoms with Crippen LogP contribution in [-0.2, 0) is 17.8 Å². The fraction of sp³-hybridized carbons (Fsp3) is 0.500. The van der Waals surface area contributed by atoms with Crippen LogP contribution in [0.5, 0.6) is 0 Å². The van der Waals surface area contributed by atoms with Gasteiger partial charge in [-0.05, 0) is 0 Å². The molecule has 1 amide bonds. The second kappa shape index (κ2) is 4.92. The quantitative estimate of drug-likeness (QED) is 0.702. The lowest BCUT2D eigenvalue weighted by molar-refractivity contribution is 0.0947. The average Bonchev–Trinajstić information content (AvgIpc) is 2.45. The highest BCUT2D eigenvalue weighted by molar-refractivity contribution is 7.84. The minimum atomic E-state index is -0.908. The maximum Gasteiger partial charge on any atom is 0.271 e. The Bertz CT molecular complexity index is 368. The Labute approximate surface area is 90.3 Å². The third kappa shape index (κ3) is 3.05. The molecule has 0 fully saturated rings.